The molecule has 0 saturated heterocycles. The summed E-state index contributed by atoms with van der Waals surface area (Å²) in [6, 6.07) is 0. The maximum Gasteiger partial charge on any atom is 1.00 e. The van der Waals surface area contributed by atoms with E-state index in [1.165, 1.54) is 44.9 Å². The fraction of sp³-hybridized carbons (Fsp3) is 0.500. The molecule has 0 aromatic carbocycles. The minimum atomic E-state index is -5.32. The number of carbonyl (C=O) groups is 2. The first-order valence-electron chi connectivity index (χ1n) is 13.3. The maximum atomic E-state index is 12.1. The number of ether oxygens (including phenoxy) is 2. The molecule has 0 radical (unpaired) electrons. The molecule has 250 valence electrons. The molecule has 1 atom stereocenters. The molecule has 0 rings (SSSR count). The average Bonchev–Trinajstić information content (AvgIpc) is 2.93. The van der Waals surface area contributed by atoms with Crippen molar-refractivity contribution in [1.82, 2.24) is 0 Å². The number of hydrogen-bond donors (Lipinski definition) is 0. The molecule has 12 heteroatoms. The van der Waals surface area contributed by atoms with Gasteiger partial charge in [-0.05, 0) is 77.5 Å². The summed E-state index contributed by atoms with van der Waals surface area (Å²) in [7, 11) is -5.32. The summed E-state index contributed by atoms with van der Waals surface area (Å²) < 4.78 is 25.0. The van der Waals surface area contributed by atoms with Gasteiger partial charge in [-0.15, -0.1) is 6.42 Å². The quantitative estimate of drug-likeness (QED) is 0.0493. The van der Waals surface area contributed by atoms with Gasteiger partial charge < -0.3 is 28.3 Å². The van der Waals surface area contributed by atoms with Crippen LogP contribution in [0.1, 0.15) is 103 Å². The average molecular weight is 683 g/mol. The number of carbonyl (C=O) groups excluding carboxylic acids is 2. The third-order valence-corrected chi connectivity index (χ3v) is 5.43. The van der Waals surface area contributed by atoms with Gasteiger partial charge in [0, 0.05) is 30.9 Å². The van der Waals surface area contributed by atoms with Crippen molar-refractivity contribution in [3.05, 3.63) is 0 Å². The summed E-state index contributed by atoms with van der Waals surface area (Å²) in [4.78, 5) is 45.5. The third kappa shape index (κ3) is 38.3. The van der Waals surface area contributed by atoms with Crippen molar-refractivity contribution in [3.63, 3.8) is 0 Å². The number of phosphoric acid groups is 1. The van der Waals surface area contributed by atoms with E-state index in [4.69, 9.17) is 15.9 Å². The molecule has 0 aromatic heterocycles. The molecule has 0 saturated carbocycles. The Morgan fingerprint density at radius 1 is 0.727 bits per heavy atom. The summed E-state index contributed by atoms with van der Waals surface area (Å²) in [6.07, 6.45) is 16.0. The summed E-state index contributed by atoms with van der Waals surface area (Å²) in [5.74, 6) is 28.4. The van der Waals surface area contributed by atoms with Crippen LogP contribution in [0.5, 0.6) is 0 Å². The summed E-state index contributed by atoms with van der Waals surface area (Å²) >= 11 is 0. The van der Waals surface area contributed by atoms with Crippen LogP contribution >= 0.6 is 21.3 Å². The van der Waals surface area contributed by atoms with Crippen molar-refractivity contribution in [1.29, 1.82) is 0 Å². The van der Waals surface area contributed by atoms with E-state index >= 15 is 0 Å². The fourth-order valence-corrected chi connectivity index (χ4v) is 3.42. The Bertz CT molecular complexity index is 1340. The van der Waals surface area contributed by atoms with Gasteiger partial charge in [0.15, 0.2) is 6.10 Å². The normalized spacial score (nSPS) is 9.14. The van der Waals surface area contributed by atoms with Crippen LogP contribution in [0.3, 0.4) is 0 Å². The maximum absolute atomic E-state index is 12.1. The van der Waals surface area contributed by atoms with Crippen LogP contribution in [-0.4, -0.2) is 31.3 Å². The van der Waals surface area contributed by atoms with Gasteiger partial charge in [0.1, 0.15) is 6.61 Å². The number of hydrogen-bond acceptors (Lipinski definition) is 8. The molecule has 0 bridgehead atoms. The van der Waals surface area contributed by atoms with Gasteiger partial charge in [-0.1, -0.05) is 71.1 Å². The predicted octanol–water partition coefficient (Wildman–Crippen LogP) is -0.0398. The molecule has 0 amide bonds. The number of rotatable bonds is 18. The van der Waals surface area contributed by atoms with E-state index < -0.39 is 39.1 Å². The number of esters is 2. The van der Waals surface area contributed by atoms with E-state index in [1.54, 1.807) is 0 Å². The van der Waals surface area contributed by atoms with E-state index in [1.807, 2.05) is 0 Å². The molecule has 44 heavy (non-hydrogen) atoms. The van der Waals surface area contributed by atoms with E-state index in [9.17, 15) is 23.9 Å². The van der Waals surface area contributed by atoms with Crippen LogP contribution in [0.2, 0.25) is 0 Å². The zero-order valence-corrected chi connectivity index (χ0v) is 31.7. The van der Waals surface area contributed by atoms with Gasteiger partial charge in [0.05, 0.1) is 14.4 Å². The summed E-state index contributed by atoms with van der Waals surface area (Å²) in [5.41, 5.74) is 0. The second-order valence-corrected chi connectivity index (χ2v) is 9.54. The van der Waals surface area contributed by atoms with Gasteiger partial charge in [-0.25, -0.2) is 4.79 Å². The standard InChI is InChI=1S/C32H35O8P.2Na.H2S.13H2/c1-3-5-7-9-11-13-15-17-18-20-22-24-26-31(33)38-28-30(29-39-41(35,36)37)40-32(34)27-25-23-21-19-16-14-12-10-8-6-4-2;;;;;;;;;;;;;;;;/h1,30H,4,6,8,10,12,14,16,19,21,23,25,27-29H2,2H3,(H2,35,36,37);;;1H2;13*1H/q;2*+1;;;;;;;;;;;;;;/p-2/t30-;;;;;;;;;;;;;;;;/m1................/s1. The molecule has 0 aliphatic rings. The molecular weight excluding hydrogens is 621 g/mol. The first kappa shape index (κ1) is 49.2. The van der Waals surface area contributed by atoms with Crippen molar-refractivity contribution >= 4 is 33.3 Å². The molecule has 0 unspecified atom stereocenters. The molecule has 0 aliphatic carbocycles. The molecular formula is C32H61Na2O8PS. The van der Waals surface area contributed by atoms with Gasteiger partial charge in [-0.3, -0.25) is 4.79 Å². The smallest absolute Gasteiger partial charge is 0.790 e. The Labute approximate surface area is 333 Å². The Morgan fingerprint density at radius 2 is 1.16 bits per heavy atom. The first-order valence-corrected chi connectivity index (χ1v) is 14.7. The van der Waals surface area contributed by atoms with Crippen molar-refractivity contribution in [2.45, 2.75) is 90.1 Å². The number of phosphoric ester groups is 1. The summed E-state index contributed by atoms with van der Waals surface area (Å²) in [6.45, 7) is 0.849. The molecule has 8 nitrogen and oxygen atoms in total. The molecule has 0 fully saturated rings. The first-order chi connectivity index (χ1) is 19.8. The zero-order chi connectivity index (χ0) is 30.4. The predicted molar refractivity (Wildman–Crippen MR) is 189 cm³/mol. The number of unbranched alkanes of at least 4 members (excludes halogenated alkanes) is 10. The molecule has 0 spiro atoms. The zero-order valence-electron chi connectivity index (χ0n) is 25.8. The largest absolute Gasteiger partial charge is 1.00 e. The van der Waals surface area contributed by atoms with Gasteiger partial charge in [0.2, 0.25) is 0 Å². The molecule has 0 N–H and O–H groups in total. The van der Waals surface area contributed by atoms with Gasteiger partial charge in [0.25, 0.3) is 0 Å². The second-order valence-electron chi connectivity index (χ2n) is 8.38. The monoisotopic (exact) mass is 682 g/mol. The van der Waals surface area contributed by atoms with Crippen molar-refractivity contribution in [2.75, 3.05) is 13.2 Å². The van der Waals surface area contributed by atoms with E-state index in [2.05, 4.69) is 88.4 Å². The third-order valence-electron chi connectivity index (χ3n) is 4.96. The van der Waals surface area contributed by atoms with Crippen LogP contribution in [0.15, 0.2) is 0 Å². The minimum absolute atomic E-state index is 0. The van der Waals surface area contributed by atoms with Crippen LogP contribution in [0, 0.1) is 83.4 Å². The molecule has 0 aliphatic heterocycles. The topological polar surface area (TPSA) is 125 Å². The summed E-state index contributed by atoms with van der Waals surface area (Å²) in [5, 5.41) is 0. The van der Waals surface area contributed by atoms with Crippen LogP contribution in [0.4, 0.5) is 0 Å². The second kappa shape index (κ2) is 35.8. The Balaban J connectivity index is -0.0000000667. The van der Waals surface area contributed by atoms with Crippen molar-refractivity contribution in [3.8, 4) is 83.4 Å². The fourth-order valence-electron chi connectivity index (χ4n) is 3.07. The Kier molecular flexibility index (Phi) is 40.0. The van der Waals surface area contributed by atoms with E-state index in [0.717, 1.165) is 19.3 Å². The molecule has 0 heterocycles. The van der Waals surface area contributed by atoms with E-state index in [0.29, 0.717) is 6.42 Å². The SMILES string of the molecule is C#CC#CC#CC#CC#CC#CC#CC(=O)OC[C@H](COP(=O)([O-])[O-])OC(=O)CCCCCCCCCCCCC.S.[HH].[HH].[HH].[HH].[HH].[HH].[HH].[HH].[HH].[HH].[HH].[HH].[HH].[Na+].[Na+]. The van der Waals surface area contributed by atoms with Gasteiger partial charge >= 0.3 is 71.1 Å². The van der Waals surface area contributed by atoms with Crippen molar-refractivity contribution in [2.24, 2.45) is 0 Å². The van der Waals surface area contributed by atoms with Crippen LogP contribution < -0.4 is 68.9 Å². The van der Waals surface area contributed by atoms with E-state index in [-0.39, 0.29) is 97.6 Å². The van der Waals surface area contributed by atoms with Crippen LogP contribution in [0.25, 0.3) is 0 Å². The number of terminal acetylenes is 1. The molecule has 0 aromatic rings. The Morgan fingerprint density at radius 3 is 1.61 bits per heavy atom. The minimum Gasteiger partial charge on any atom is -0.790 e. The van der Waals surface area contributed by atoms with Crippen molar-refractivity contribution < 1.29 is 116 Å². The Hall–Kier alpha value is -1.68. The van der Waals surface area contributed by atoms with Gasteiger partial charge in [-0.2, -0.15) is 13.5 Å². The van der Waals surface area contributed by atoms with Crippen LogP contribution in [-0.2, 0) is 28.2 Å².